The lowest BCUT2D eigenvalue weighted by molar-refractivity contribution is -0.138. The highest BCUT2D eigenvalue weighted by molar-refractivity contribution is 8.15. The fourth-order valence-corrected chi connectivity index (χ4v) is 2.80. The van der Waals surface area contributed by atoms with E-state index in [-0.39, 0.29) is 23.8 Å². The average molecular weight is 371 g/mol. The maximum absolute atomic E-state index is 13.8. The van der Waals surface area contributed by atoms with Crippen molar-refractivity contribution in [2.75, 3.05) is 6.61 Å². The molecule has 1 fully saturated rings. The number of carboxylic acid groups (broad SMARTS) is 1. The molecule has 1 aliphatic rings. The third-order valence-electron chi connectivity index (χ3n) is 2.96. The van der Waals surface area contributed by atoms with E-state index in [1.807, 2.05) is 6.92 Å². The molecule has 1 aliphatic heterocycles. The minimum absolute atomic E-state index is 0.122. The zero-order chi connectivity index (χ0) is 18.4. The van der Waals surface area contributed by atoms with Gasteiger partial charge in [0.1, 0.15) is 5.25 Å². The standard InChI is InChI=1S/C15H15F2N3O4S/c1-2-3-24-13-9(16)4-8(5-10(13)17)7-18-20-15-19-14(23)11(25-15)6-12(21)22/h4-5,7,11H,2-3,6H2,1H3,(H,21,22)(H,19,20,23). The second-order valence-corrected chi connectivity index (χ2v) is 6.20. The zero-order valence-electron chi connectivity index (χ0n) is 13.2. The minimum Gasteiger partial charge on any atom is -0.488 e. The first-order chi connectivity index (χ1) is 11.9. The molecule has 0 bridgehead atoms. The number of ether oxygens (including phenoxy) is 1. The van der Waals surface area contributed by atoms with Crippen LogP contribution in [0.4, 0.5) is 8.78 Å². The maximum atomic E-state index is 13.8. The Hall–Kier alpha value is -2.49. The molecule has 0 aromatic heterocycles. The number of halogens is 2. The molecule has 1 saturated heterocycles. The van der Waals surface area contributed by atoms with Gasteiger partial charge in [-0.25, -0.2) is 8.78 Å². The van der Waals surface area contributed by atoms with Crippen LogP contribution in [0, 0.1) is 11.6 Å². The van der Waals surface area contributed by atoms with Crippen molar-refractivity contribution in [2.24, 2.45) is 10.2 Å². The van der Waals surface area contributed by atoms with Gasteiger partial charge in [0.25, 0.3) is 0 Å². The summed E-state index contributed by atoms with van der Waals surface area (Å²) in [6.45, 7) is 2.01. The van der Waals surface area contributed by atoms with Crippen LogP contribution in [0.2, 0.25) is 0 Å². The van der Waals surface area contributed by atoms with E-state index in [0.29, 0.717) is 6.42 Å². The van der Waals surface area contributed by atoms with Gasteiger partial charge in [0, 0.05) is 5.56 Å². The molecule has 134 valence electrons. The number of carboxylic acids is 1. The van der Waals surface area contributed by atoms with Crippen LogP contribution < -0.4 is 10.1 Å². The third kappa shape index (κ3) is 5.24. The van der Waals surface area contributed by atoms with Crippen molar-refractivity contribution in [2.45, 2.75) is 25.0 Å². The Morgan fingerprint density at radius 3 is 2.72 bits per heavy atom. The van der Waals surface area contributed by atoms with E-state index in [0.717, 1.165) is 30.1 Å². The van der Waals surface area contributed by atoms with Gasteiger partial charge < -0.3 is 15.2 Å². The topological polar surface area (TPSA) is 100 Å². The van der Waals surface area contributed by atoms with Gasteiger partial charge >= 0.3 is 5.97 Å². The predicted molar refractivity (Wildman–Crippen MR) is 88.9 cm³/mol. The number of rotatable bonds is 7. The summed E-state index contributed by atoms with van der Waals surface area (Å²) in [6.07, 6.45) is 1.39. The highest BCUT2D eigenvalue weighted by Gasteiger charge is 2.32. The van der Waals surface area contributed by atoms with Gasteiger partial charge in [-0.3, -0.25) is 9.59 Å². The third-order valence-corrected chi connectivity index (χ3v) is 4.04. The number of thioether (sulfide) groups is 1. The number of nitrogens with zero attached hydrogens (tertiary/aromatic N) is 2. The lowest BCUT2D eigenvalue weighted by Crippen LogP contribution is -2.26. The normalized spacial score (nSPS) is 18.8. The van der Waals surface area contributed by atoms with Crippen molar-refractivity contribution in [3.8, 4) is 5.75 Å². The number of aliphatic carboxylic acids is 1. The summed E-state index contributed by atoms with van der Waals surface area (Å²) in [5.74, 6) is -3.73. The first kappa shape index (κ1) is 18.8. The molecule has 2 rings (SSSR count). The fourth-order valence-electron chi connectivity index (χ4n) is 1.89. The number of carbonyl (C=O) groups is 2. The van der Waals surface area contributed by atoms with Crippen LogP contribution in [0.15, 0.2) is 22.3 Å². The second-order valence-electron chi connectivity index (χ2n) is 5.01. The fraction of sp³-hybridized carbons (Fsp3) is 0.333. The van der Waals surface area contributed by atoms with E-state index in [1.54, 1.807) is 0 Å². The minimum atomic E-state index is -1.10. The largest absolute Gasteiger partial charge is 0.488 e. The summed E-state index contributed by atoms with van der Waals surface area (Å²) in [6, 6.07) is 2.09. The lowest BCUT2D eigenvalue weighted by atomic mass is 10.2. The van der Waals surface area contributed by atoms with E-state index in [9.17, 15) is 18.4 Å². The molecule has 1 atom stereocenters. The van der Waals surface area contributed by atoms with Gasteiger partial charge in [-0.15, -0.1) is 5.10 Å². The molecule has 25 heavy (non-hydrogen) atoms. The molecular formula is C15H15F2N3O4S. The Bertz CT molecular complexity index is 716. The molecule has 1 aromatic rings. The zero-order valence-corrected chi connectivity index (χ0v) is 14.0. The summed E-state index contributed by atoms with van der Waals surface area (Å²) in [7, 11) is 0. The number of nitrogens with one attached hydrogen (secondary N) is 1. The number of amides is 1. The Balaban J connectivity index is 2.05. The molecule has 0 saturated carbocycles. The van der Waals surface area contributed by atoms with Crippen molar-refractivity contribution < 1.29 is 28.2 Å². The lowest BCUT2D eigenvalue weighted by Gasteiger charge is -2.07. The summed E-state index contributed by atoms with van der Waals surface area (Å²) in [5.41, 5.74) is 0.125. The molecule has 1 unspecified atom stereocenters. The smallest absolute Gasteiger partial charge is 0.305 e. The monoisotopic (exact) mass is 371 g/mol. The van der Waals surface area contributed by atoms with Gasteiger partial charge in [0.05, 0.1) is 19.2 Å². The molecule has 0 radical (unpaired) electrons. The quantitative estimate of drug-likeness (QED) is 0.565. The van der Waals surface area contributed by atoms with Crippen LogP contribution in [0.3, 0.4) is 0 Å². The summed E-state index contributed by atoms with van der Waals surface area (Å²) < 4.78 is 32.6. The van der Waals surface area contributed by atoms with Crippen LogP contribution in [0.5, 0.6) is 5.75 Å². The van der Waals surface area contributed by atoms with E-state index in [2.05, 4.69) is 15.5 Å². The number of amidine groups is 1. The van der Waals surface area contributed by atoms with Gasteiger partial charge in [-0.2, -0.15) is 5.10 Å². The average Bonchev–Trinajstić information content (AvgIpc) is 2.86. The summed E-state index contributed by atoms with van der Waals surface area (Å²) in [4.78, 5) is 22.1. The van der Waals surface area contributed by atoms with Gasteiger partial charge in [-0.05, 0) is 18.6 Å². The molecule has 10 heteroatoms. The highest BCUT2D eigenvalue weighted by atomic mass is 32.2. The Kier molecular flexibility index (Phi) is 6.45. The highest BCUT2D eigenvalue weighted by Crippen LogP contribution is 2.24. The molecule has 1 amide bonds. The number of carbonyl (C=O) groups excluding carboxylic acids is 1. The van der Waals surface area contributed by atoms with Crippen LogP contribution in [-0.4, -0.2) is 40.2 Å². The predicted octanol–water partition coefficient (Wildman–Crippen LogP) is 2.15. The van der Waals surface area contributed by atoms with Crippen molar-refractivity contribution >= 4 is 35.0 Å². The van der Waals surface area contributed by atoms with Gasteiger partial charge in [0.2, 0.25) is 5.91 Å². The number of hydrogen-bond acceptors (Lipinski definition) is 6. The van der Waals surface area contributed by atoms with E-state index < -0.39 is 34.5 Å². The first-order valence-electron chi connectivity index (χ1n) is 7.33. The Morgan fingerprint density at radius 1 is 1.44 bits per heavy atom. The van der Waals surface area contributed by atoms with Crippen molar-refractivity contribution in [1.82, 2.24) is 5.32 Å². The van der Waals surface area contributed by atoms with Crippen molar-refractivity contribution in [3.63, 3.8) is 0 Å². The molecule has 0 spiro atoms. The molecule has 0 aliphatic carbocycles. The summed E-state index contributed by atoms with van der Waals surface area (Å²) >= 11 is 0.927. The van der Waals surface area contributed by atoms with E-state index in [1.165, 1.54) is 0 Å². The van der Waals surface area contributed by atoms with Crippen LogP contribution in [0.1, 0.15) is 25.3 Å². The molecule has 1 aromatic carbocycles. The Labute approximate surface area is 146 Å². The second kappa shape index (κ2) is 8.56. The van der Waals surface area contributed by atoms with Crippen molar-refractivity contribution in [1.29, 1.82) is 0 Å². The Morgan fingerprint density at radius 2 is 2.12 bits per heavy atom. The number of hydrogen-bond donors (Lipinski definition) is 2. The first-order valence-corrected chi connectivity index (χ1v) is 8.20. The molecular weight excluding hydrogens is 356 g/mol. The maximum Gasteiger partial charge on any atom is 0.305 e. The SMILES string of the molecule is CCCOc1c(F)cc(C=NN=C2NC(=O)C(CC(=O)O)S2)cc1F. The van der Waals surface area contributed by atoms with Crippen LogP contribution in [0.25, 0.3) is 0 Å². The van der Waals surface area contributed by atoms with Gasteiger partial charge in [0.15, 0.2) is 22.6 Å². The molecule has 1 heterocycles. The van der Waals surface area contributed by atoms with Gasteiger partial charge in [-0.1, -0.05) is 18.7 Å². The van der Waals surface area contributed by atoms with Crippen LogP contribution >= 0.6 is 11.8 Å². The van der Waals surface area contributed by atoms with Crippen molar-refractivity contribution in [3.05, 3.63) is 29.3 Å². The van der Waals surface area contributed by atoms with E-state index in [4.69, 9.17) is 9.84 Å². The number of benzene rings is 1. The van der Waals surface area contributed by atoms with E-state index >= 15 is 0 Å². The summed E-state index contributed by atoms with van der Waals surface area (Å²) in [5, 5.41) is 17.8. The molecule has 2 N–H and O–H groups in total. The van der Waals surface area contributed by atoms with Crippen LogP contribution in [-0.2, 0) is 9.59 Å². The molecule has 7 nitrogen and oxygen atoms in total.